The van der Waals surface area contributed by atoms with Gasteiger partial charge in [0.05, 0.1) is 6.54 Å². The first-order chi connectivity index (χ1) is 26.7. The summed E-state index contributed by atoms with van der Waals surface area (Å²) in [6, 6.07) is -7.61. The average Bonchev–Trinajstić information content (AvgIpc) is 3.66. The van der Waals surface area contributed by atoms with Crippen molar-refractivity contribution in [3.63, 3.8) is 0 Å². The van der Waals surface area contributed by atoms with E-state index in [9.17, 15) is 42.6 Å². The number of fused-ring (bicyclic) bond motifs is 1. The standard InChI is InChI=1S/C39H68N8O9S/c1-11-22(6)30-37(53)42-26(16-18-57(10)56)34(50)40-20-29(48)44-32(24(8)13-3)39(55)47-17-14-15-28(47)36(52)46-31(23(7)12-2)38(54)43-27(19-21(4)5)35(51)41-25(9)33(49)45-30/h21-28,30-32H,11-20H2,1-10H3,(H,40,50)(H,41,51)(H,42,53)(H,43,54)(H,44,48)(H,45,49)(H,46,52)/t22-,23-,24-,25-,26+,27-,28-,30-,31-,32-,57+/m0/s1. The predicted molar refractivity (Wildman–Crippen MR) is 216 cm³/mol. The Balaban J connectivity index is 2.62. The summed E-state index contributed by atoms with van der Waals surface area (Å²) in [7, 11) is -1.33. The lowest BCUT2D eigenvalue weighted by molar-refractivity contribution is -0.143. The summed E-state index contributed by atoms with van der Waals surface area (Å²) in [5.74, 6) is -6.17. The van der Waals surface area contributed by atoms with E-state index in [1.165, 1.54) is 18.1 Å². The number of carbonyl (C=O) groups is 8. The highest BCUT2D eigenvalue weighted by molar-refractivity contribution is 7.84. The largest absolute Gasteiger partial charge is 0.345 e. The molecule has 0 saturated carbocycles. The molecule has 0 spiro atoms. The van der Waals surface area contributed by atoms with Crippen LogP contribution in [0.25, 0.3) is 0 Å². The molecule has 324 valence electrons. The minimum Gasteiger partial charge on any atom is -0.345 e. The fourth-order valence-corrected chi connectivity index (χ4v) is 7.34. The number of hydrogen-bond acceptors (Lipinski definition) is 9. The van der Waals surface area contributed by atoms with Crippen LogP contribution in [0.3, 0.4) is 0 Å². The number of rotatable bonds is 11. The van der Waals surface area contributed by atoms with Crippen LogP contribution < -0.4 is 37.2 Å². The average molecular weight is 825 g/mol. The quantitative estimate of drug-likeness (QED) is 0.148. The molecule has 17 nitrogen and oxygen atoms in total. The van der Waals surface area contributed by atoms with E-state index in [1.807, 2.05) is 34.6 Å². The molecule has 2 rings (SSSR count). The Hall–Kier alpha value is -4.09. The van der Waals surface area contributed by atoms with Gasteiger partial charge >= 0.3 is 0 Å². The van der Waals surface area contributed by atoms with E-state index in [-0.39, 0.29) is 42.9 Å². The molecule has 2 fully saturated rings. The maximum atomic E-state index is 14.1. The lowest BCUT2D eigenvalue weighted by Gasteiger charge is -2.33. The maximum absolute atomic E-state index is 14.1. The molecule has 2 aliphatic heterocycles. The topological polar surface area (TPSA) is 241 Å². The summed E-state index contributed by atoms with van der Waals surface area (Å²) >= 11 is 0. The van der Waals surface area contributed by atoms with Crippen LogP contribution in [0.5, 0.6) is 0 Å². The lowest BCUT2D eigenvalue weighted by atomic mass is 9.95. The van der Waals surface area contributed by atoms with Crippen molar-refractivity contribution in [2.75, 3.05) is 25.1 Å². The van der Waals surface area contributed by atoms with E-state index in [0.717, 1.165) is 0 Å². The van der Waals surface area contributed by atoms with Gasteiger partial charge < -0.3 is 42.1 Å². The van der Waals surface area contributed by atoms with E-state index < -0.39 is 113 Å². The Morgan fingerprint density at radius 3 is 1.70 bits per heavy atom. The maximum Gasteiger partial charge on any atom is 0.246 e. The molecule has 2 aliphatic rings. The van der Waals surface area contributed by atoms with Gasteiger partial charge in [0.25, 0.3) is 0 Å². The molecular weight excluding hydrogens is 757 g/mol. The van der Waals surface area contributed by atoms with Crippen LogP contribution in [0, 0.1) is 23.7 Å². The third kappa shape index (κ3) is 14.7. The van der Waals surface area contributed by atoms with E-state index in [2.05, 4.69) is 37.2 Å². The molecule has 2 saturated heterocycles. The van der Waals surface area contributed by atoms with E-state index >= 15 is 0 Å². The van der Waals surface area contributed by atoms with E-state index in [0.29, 0.717) is 32.1 Å². The zero-order chi connectivity index (χ0) is 43.1. The van der Waals surface area contributed by atoms with Crippen molar-refractivity contribution in [3.05, 3.63) is 0 Å². The molecule has 0 unspecified atom stereocenters. The Morgan fingerprint density at radius 1 is 0.649 bits per heavy atom. The predicted octanol–water partition coefficient (Wildman–Crippen LogP) is -0.0111. The fourth-order valence-electron chi connectivity index (χ4n) is 6.77. The van der Waals surface area contributed by atoms with Gasteiger partial charge in [0.1, 0.15) is 42.3 Å². The molecule has 0 radical (unpaired) electrons. The minimum absolute atomic E-state index is 0.0385. The smallest absolute Gasteiger partial charge is 0.246 e. The molecule has 8 amide bonds. The summed E-state index contributed by atoms with van der Waals surface area (Å²) in [5.41, 5.74) is 0. The molecule has 18 heteroatoms. The summed E-state index contributed by atoms with van der Waals surface area (Å²) in [5, 5.41) is 18.9. The molecule has 0 bridgehead atoms. The zero-order valence-electron chi connectivity index (χ0n) is 35.5. The molecule has 7 N–H and O–H groups in total. The van der Waals surface area contributed by atoms with Crippen LogP contribution in [0.4, 0.5) is 0 Å². The van der Waals surface area contributed by atoms with E-state index in [1.54, 1.807) is 20.8 Å². The highest BCUT2D eigenvalue weighted by Crippen LogP contribution is 2.23. The summed E-state index contributed by atoms with van der Waals surface area (Å²) < 4.78 is 12.0. The number of carbonyl (C=O) groups excluding carboxylic acids is 8. The third-order valence-corrected chi connectivity index (χ3v) is 11.9. The second-order valence-electron chi connectivity index (χ2n) is 16.1. The van der Waals surface area contributed by atoms with Crippen molar-refractivity contribution in [1.82, 2.24) is 42.1 Å². The Bertz CT molecular complexity index is 1480. The first kappa shape index (κ1) is 49.1. The van der Waals surface area contributed by atoms with Crippen LogP contribution in [0.1, 0.15) is 107 Å². The van der Waals surface area contributed by atoms with Crippen molar-refractivity contribution >= 4 is 58.1 Å². The third-order valence-electron chi connectivity index (χ3n) is 11.1. The summed E-state index contributed by atoms with van der Waals surface area (Å²) in [4.78, 5) is 111. The second kappa shape index (κ2) is 23.3. The highest BCUT2D eigenvalue weighted by atomic mass is 32.2. The van der Waals surface area contributed by atoms with Crippen molar-refractivity contribution in [1.29, 1.82) is 0 Å². The molecule has 11 atom stereocenters. The van der Waals surface area contributed by atoms with Gasteiger partial charge in [0.15, 0.2) is 0 Å². The normalized spacial score (nSPS) is 29.0. The van der Waals surface area contributed by atoms with Crippen LogP contribution in [-0.4, -0.2) is 124 Å². The highest BCUT2D eigenvalue weighted by Gasteiger charge is 2.41. The lowest BCUT2D eigenvalue weighted by Crippen LogP contribution is -2.61. The summed E-state index contributed by atoms with van der Waals surface area (Å²) in [6.07, 6.45) is 3.93. The number of amides is 8. The van der Waals surface area contributed by atoms with Gasteiger partial charge in [-0.25, -0.2) is 0 Å². The zero-order valence-corrected chi connectivity index (χ0v) is 36.3. The van der Waals surface area contributed by atoms with Crippen molar-refractivity contribution in [3.8, 4) is 0 Å². The van der Waals surface area contributed by atoms with Gasteiger partial charge in [-0.1, -0.05) is 74.7 Å². The van der Waals surface area contributed by atoms with Crippen LogP contribution in [-0.2, 0) is 49.2 Å². The van der Waals surface area contributed by atoms with Crippen molar-refractivity contribution < 1.29 is 42.6 Å². The van der Waals surface area contributed by atoms with Gasteiger partial charge in [0, 0.05) is 29.4 Å². The Morgan fingerprint density at radius 2 is 1.18 bits per heavy atom. The second-order valence-corrected chi connectivity index (χ2v) is 17.7. The van der Waals surface area contributed by atoms with Crippen LogP contribution in [0.2, 0.25) is 0 Å². The Labute approximate surface area is 340 Å². The van der Waals surface area contributed by atoms with Gasteiger partial charge in [-0.2, -0.15) is 0 Å². The summed E-state index contributed by atoms with van der Waals surface area (Å²) in [6.45, 7) is 15.8. The van der Waals surface area contributed by atoms with E-state index in [4.69, 9.17) is 0 Å². The monoisotopic (exact) mass is 824 g/mol. The molecule has 0 aromatic carbocycles. The molecule has 0 aliphatic carbocycles. The Kier molecular flexibility index (Phi) is 20.1. The molecule has 2 heterocycles. The first-order valence-electron chi connectivity index (χ1n) is 20.4. The van der Waals surface area contributed by atoms with Crippen molar-refractivity contribution in [2.24, 2.45) is 23.7 Å². The number of hydrogen-bond donors (Lipinski definition) is 7. The number of nitrogens with one attached hydrogen (secondary N) is 7. The van der Waals surface area contributed by atoms with Gasteiger partial charge in [0.2, 0.25) is 47.3 Å². The van der Waals surface area contributed by atoms with Crippen LogP contribution in [0.15, 0.2) is 0 Å². The van der Waals surface area contributed by atoms with Gasteiger partial charge in [-0.3, -0.25) is 42.6 Å². The fraction of sp³-hybridized carbons (Fsp3) is 0.795. The van der Waals surface area contributed by atoms with Crippen LogP contribution >= 0.6 is 0 Å². The first-order valence-corrected chi connectivity index (χ1v) is 22.2. The molecule has 0 aromatic heterocycles. The molecule has 57 heavy (non-hydrogen) atoms. The van der Waals surface area contributed by atoms with Gasteiger partial charge in [-0.15, -0.1) is 0 Å². The molecule has 0 aromatic rings. The number of nitrogens with zero attached hydrogens (tertiary/aromatic N) is 1. The van der Waals surface area contributed by atoms with Gasteiger partial charge in [-0.05, 0) is 56.3 Å². The van der Waals surface area contributed by atoms with Crippen molar-refractivity contribution in [2.45, 2.75) is 150 Å². The molecular formula is C39H68N8O9S. The minimum atomic E-state index is -1.33. The SMILES string of the molecule is CC[C@H](C)[C@@H]1NC(=O)[C@H](C)NC(=O)[C@H](CC(C)C)NC(=O)[C@H]([C@@H](C)CC)NC(=O)[C@@H]2CCCN2C(=O)[C@H]([C@@H](C)CC)NC(=O)CNC(=O)[C@@H](CC[S@@](C)=O)NC1=O.